The Kier molecular flexibility index (Phi) is 7.58. The minimum Gasteiger partial charge on any atom is -0.492 e. The van der Waals surface area contributed by atoms with Crippen LogP contribution in [0.1, 0.15) is 38.5 Å². The average Bonchev–Trinajstić information content (AvgIpc) is 2.58. The molecule has 0 aromatic heterocycles. The second kappa shape index (κ2) is 9.26. The molecule has 6 nitrogen and oxygen atoms in total. The molecule has 2 N–H and O–H groups in total. The summed E-state index contributed by atoms with van der Waals surface area (Å²) in [5.41, 5.74) is 0. The van der Waals surface area contributed by atoms with E-state index in [1.807, 2.05) is 0 Å². The first kappa shape index (κ1) is 21.3. The van der Waals surface area contributed by atoms with Gasteiger partial charge in [-0.1, -0.05) is 23.2 Å². The monoisotopic (exact) mass is 422 g/mol. The predicted octanol–water partition coefficient (Wildman–Crippen LogP) is 3.21. The molecule has 1 aliphatic rings. The number of rotatable bonds is 7. The standard InChI is InChI=1S/C17H24Cl2N2O4S/c1-21(13-5-7-14(8-6-13)26(20,23)24)17(22)3-2-10-25-16-9-4-12(18)11-15(16)19/h4,9,11,13-14H,2-3,5-8,10H2,1H3,(H2,20,23,24). The molecule has 0 atom stereocenters. The molecule has 1 fully saturated rings. The SMILES string of the molecule is CN(C(=O)CCCOc1ccc(Cl)cc1Cl)C1CCC(S(N)(=O)=O)CC1. The van der Waals surface area contributed by atoms with Crippen LogP contribution in [0.4, 0.5) is 0 Å². The molecule has 1 aromatic carbocycles. The van der Waals surface area contributed by atoms with Crippen molar-refractivity contribution in [1.82, 2.24) is 4.90 Å². The predicted molar refractivity (Wildman–Crippen MR) is 103 cm³/mol. The van der Waals surface area contributed by atoms with Gasteiger partial charge in [-0.25, -0.2) is 13.6 Å². The number of carbonyl (C=O) groups is 1. The van der Waals surface area contributed by atoms with Crippen LogP contribution in [0.2, 0.25) is 10.0 Å². The lowest BCUT2D eigenvalue weighted by molar-refractivity contribution is -0.132. The van der Waals surface area contributed by atoms with E-state index in [4.69, 9.17) is 33.1 Å². The van der Waals surface area contributed by atoms with Crippen molar-refractivity contribution in [3.05, 3.63) is 28.2 Å². The van der Waals surface area contributed by atoms with E-state index in [0.717, 1.165) is 0 Å². The molecule has 1 saturated carbocycles. The second-order valence-electron chi connectivity index (χ2n) is 6.55. The third kappa shape index (κ3) is 6.01. The van der Waals surface area contributed by atoms with Gasteiger partial charge in [-0.2, -0.15) is 0 Å². The summed E-state index contributed by atoms with van der Waals surface area (Å²) < 4.78 is 28.4. The van der Waals surface area contributed by atoms with Gasteiger partial charge in [-0.15, -0.1) is 0 Å². The summed E-state index contributed by atoms with van der Waals surface area (Å²) in [7, 11) is -1.72. The maximum atomic E-state index is 12.3. The maximum Gasteiger partial charge on any atom is 0.222 e. The van der Waals surface area contributed by atoms with Gasteiger partial charge in [0, 0.05) is 24.5 Å². The van der Waals surface area contributed by atoms with Crippen molar-refractivity contribution in [3.8, 4) is 5.75 Å². The van der Waals surface area contributed by atoms with Crippen molar-refractivity contribution in [3.63, 3.8) is 0 Å². The topological polar surface area (TPSA) is 89.7 Å². The Morgan fingerprint density at radius 2 is 1.92 bits per heavy atom. The van der Waals surface area contributed by atoms with E-state index in [0.29, 0.717) is 60.9 Å². The number of nitrogens with two attached hydrogens (primary N) is 1. The van der Waals surface area contributed by atoms with Crippen LogP contribution in [0, 0.1) is 0 Å². The van der Waals surface area contributed by atoms with Crippen LogP contribution in [-0.4, -0.2) is 44.2 Å². The van der Waals surface area contributed by atoms with Crippen LogP contribution >= 0.6 is 23.2 Å². The highest BCUT2D eigenvalue weighted by Crippen LogP contribution is 2.28. The highest BCUT2D eigenvalue weighted by molar-refractivity contribution is 7.89. The van der Waals surface area contributed by atoms with Crippen LogP contribution in [-0.2, 0) is 14.8 Å². The Labute approximate surface area is 164 Å². The fraction of sp³-hybridized carbons (Fsp3) is 0.588. The number of carbonyl (C=O) groups excluding carboxylic acids is 1. The molecule has 0 radical (unpaired) electrons. The van der Waals surface area contributed by atoms with Gasteiger partial charge < -0.3 is 9.64 Å². The summed E-state index contributed by atoms with van der Waals surface area (Å²) in [4.78, 5) is 14.0. The Morgan fingerprint density at radius 3 is 2.50 bits per heavy atom. The zero-order chi connectivity index (χ0) is 19.3. The lowest BCUT2D eigenvalue weighted by atomic mass is 9.94. The molecule has 1 aliphatic carbocycles. The fourth-order valence-corrected chi connectivity index (χ4v) is 4.53. The Bertz CT molecular complexity index is 734. The fourth-order valence-electron chi connectivity index (χ4n) is 3.14. The molecule has 0 heterocycles. The lowest BCUT2D eigenvalue weighted by Crippen LogP contribution is -2.42. The number of primary sulfonamides is 1. The number of ether oxygens (including phenoxy) is 1. The number of sulfonamides is 1. The summed E-state index contributed by atoms with van der Waals surface area (Å²) in [6.45, 7) is 0.374. The summed E-state index contributed by atoms with van der Waals surface area (Å²) in [5.74, 6) is 0.563. The van der Waals surface area contributed by atoms with Crippen LogP contribution in [0.3, 0.4) is 0 Å². The number of halogens is 2. The quantitative estimate of drug-likeness (QED) is 0.682. The van der Waals surface area contributed by atoms with E-state index >= 15 is 0 Å². The van der Waals surface area contributed by atoms with Gasteiger partial charge in [-0.3, -0.25) is 4.79 Å². The minimum absolute atomic E-state index is 0.0230. The highest BCUT2D eigenvalue weighted by atomic mass is 35.5. The number of hydrogen-bond donors (Lipinski definition) is 1. The maximum absolute atomic E-state index is 12.3. The van der Waals surface area contributed by atoms with Gasteiger partial charge in [0.15, 0.2) is 0 Å². The van der Waals surface area contributed by atoms with Gasteiger partial charge in [0.1, 0.15) is 5.75 Å². The van der Waals surface area contributed by atoms with Crippen LogP contribution in [0.15, 0.2) is 18.2 Å². The smallest absolute Gasteiger partial charge is 0.222 e. The molecule has 0 saturated heterocycles. The summed E-state index contributed by atoms with van der Waals surface area (Å²) in [6, 6.07) is 5.06. The van der Waals surface area contributed by atoms with E-state index in [9.17, 15) is 13.2 Å². The van der Waals surface area contributed by atoms with Crippen molar-refractivity contribution in [2.75, 3.05) is 13.7 Å². The number of nitrogens with zero attached hydrogens (tertiary/aromatic N) is 1. The van der Waals surface area contributed by atoms with E-state index in [2.05, 4.69) is 0 Å². The van der Waals surface area contributed by atoms with Crippen molar-refractivity contribution >= 4 is 39.1 Å². The first-order valence-corrected chi connectivity index (χ1v) is 10.9. The minimum atomic E-state index is -3.48. The largest absolute Gasteiger partial charge is 0.492 e. The Morgan fingerprint density at radius 1 is 1.27 bits per heavy atom. The van der Waals surface area contributed by atoms with Crippen LogP contribution in [0.25, 0.3) is 0 Å². The first-order chi connectivity index (χ1) is 12.2. The van der Waals surface area contributed by atoms with Crippen LogP contribution < -0.4 is 9.88 Å². The summed E-state index contributed by atoms with van der Waals surface area (Å²) >= 11 is 11.9. The average molecular weight is 423 g/mol. The highest BCUT2D eigenvalue weighted by Gasteiger charge is 2.31. The van der Waals surface area contributed by atoms with E-state index in [1.165, 1.54) is 0 Å². The molecule has 146 valence electrons. The number of hydrogen-bond acceptors (Lipinski definition) is 4. The molecule has 0 unspecified atom stereocenters. The molecule has 26 heavy (non-hydrogen) atoms. The molecule has 1 aromatic rings. The Balaban J connectivity index is 1.72. The normalized spacial score (nSPS) is 20.6. The molecule has 0 aliphatic heterocycles. The lowest BCUT2D eigenvalue weighted by Gasteiger charge is -2.34. The van der Waals surface area contributed by atoms with Gasteiger partial charge in [-0.05, 0) is 50.3 Å². The third-order valence-corrected chi connectivity index (χ3v) is 6.67. The Hall–Kier alpha value is -1.02. The summed E-state index contributed by atoms with van der Waals surface area (Å²) in [6.07, 6.45) is 3.23. The molecule has 0 spiro atoms. The number of benzene rings is 1. The second-order valence-corrected chi connectivity index (χ2v) is 9.24. The van der Waals surface area contributed by atoms with Crippen LogP contribution in [0.5, 0.6) is 5.75 Å². The molecule has 1 amide bonds. The molecular formula is C17H24Cl2N2O4S. The van der Waals surface area contributed by atoms with Crippen molar-refractivity contribution in [2.24, 2.45) is 5.14 Å². The van der Waals surface area contributed by atoms with E-state index in [1.54, 1.807) is 30.1 Å². The van der Waals surface area contributed by atoms with Gasteiger partial charge in [0.05, 0.1) is 16.9 Å². The third-order valence-electron chi connectivity index (χ3n) is 4.74. The first-order valence-electron chi connectivity index (χ1n) is 8.53. The van der Waals surface area contributed by atoms with Gasteiger partial charge in [0.25, 0.3) is 0 Å². The van der Waals surface area contributed by atoms with E-state index in [-0.39, 0.29) is 11.9 Å². The molecule has 2 rings (SSSR count). The summed E-state index contributed by atoms with van der Waals surface area (Å²) in [5, 5.41) is 5.69. The number of amides is 1. The zero-order valence-corrected chi connectivity index (χ0v) is 17.0. The van der Waals surface area contributed by atoms with Gasteiger partial charge in [0.2, 0.25) is 15.9 Å². The van der Waals surface area contributed by atoms with Crippen molar-refractivity contribution < 1.29 is 17.9 Å². The molecule has 0 bridgehead atoms. The zero-order valence-electron chi connectivity index (χ0n) is 14.7. The van der Waals surface area contributed by atoms with Gasteiger partial charge >= 0.3 is 0 Å². The molecular weight excluding hydrogens is 399 g/mol. The van der Waals surface area contributed by atoms with Crippen molar-refractivity contribution in [2.45, 2.75) is 49.8 Å². The van der Waals surface area contributed by atoms with Crippen molar-refractivity contribution in [1.29, 1.82) is 0 Å². The van der Waals surface area contributed by atoms with E-state index < -0.39 is 15.3 Å². The molecule has 9 heteroatoms.